The standard InChI is InChI=1S/C17H21N3O2/c1-11-17(12(2)22-19-11)15-4-7-18-16(10-15)14-5-8-20(9-6-14)13(3)21/h4,7,10,14H,5-6,8-9H2,1-3H3. The molecule has 0 N–H and O–H groups in total. The monoisotopic (exact) mass is 299 g/mol. The molecule has 0 bridgehead atoms. The van der Waals surface area contributed by atoms with Crippen LogP contribution in [0, 0.1) is 13.8 Å². The number of rotatable bonds is 2. The van der Waals surface area contributed by atoms with E-state index in [0.717, 1.165) is 54.2 Å². The molecule has 0 radical (unpaired) electrons. The molecule has 5 nitrogen and oxygen atoms in total. The largest absolute Gasteiger partial charge is 0.361 e. The maximum atomic E-state index is 11.4. The summed E-state index contributed by atoms with van der Waals surface area (Å²) in [6.45, 7) is 7.16. The first-order valence-electron chi connectivity index (χ1n) is 7.71. The van der Waals surface area contributed by atoms with Gasteiger partial charge in [0, 0.05) is 43.4 Å². The number of nitrogens with zero attached hydrogens (tertiary/aromatic N) is 3. The van der Waals surface area contributed by atoms with Crippen molar-refractivity contribution in [1.82, 2.24) is 15.0 Å². The van der Waals surface area contributed by atoms with Gasteiger partial charge in [-0.25, -0.2) is 0 Å². The lowest BCUT2D eigenvalue weighted by Crippen LogP contribution is -2.36. The zero-order valence-corrected chi connectivity index (χ0v) is 13.3. The van der Waals surface area contributed by atoms with E-state index >= 15 is 0 Å². The van der Waals surface area contributed by atoms with Crippen LogP contribution >= 0.6 is 0 Å². The average Bonchev–Trinajstić information content (AvgIpc) is 2.86. The van der Waals surface area contributed by atoms with Crippen LogP contribution in [0.5, 0.6) is 0 Å². The molecule has 0 unspecified atom stereocenters. The first kappa shape index (κ1) is 14.8. The highest BCUT2D eigenvalue weighted by Crippen LogP contribution is 2.31. The van der Waals surface area contributed by atoms with E-state index < -0.39 is 0 Å². The number of amides is 1. The van der Waals surface area contributed by atoms with E-state index in [0.29, 0.717) is 5.92 Å². The van der Waals surface area contributed by atoms with Gasteiger partial charge in [0.05, 0.1) is 5.69 Å². The van der Waals surface area contributed by atoms with E-state index in [4.69, 9.17) is 4.52 Å². The van der Waals surface area contributed by atoms with Crippen molar-refractivity contribution in [2.75, 3.05) is 13.1 Å². The van der Waals surface area contributed by atoms with Gasteiger partial charge in [0.15, 0.2) is 0 Å². The second kappa shape index (κ2) is 5.91. The van der Waals surface area contributed by atoms with Gasteiger partial charge in [-0.3, -0.25) is 9.78 Å². The lowest BCUT2D eigenvalue weighted by atomic mass is 9.91. The number of hydrogen-bond acceptors (Lipinski definition) is 4. The maximum Gasteiger partial charge on any atom is 0.219 e. The van der Waals surface area contributed by atoms with E-state index in [1.165, 1.54) is 0 Å². The number of pyridine rings is 1. The third-order valence-corrected chi connectivity index (χ3v) is 4.46. The lowest BCUT2D eigenvalue weighted by Gasteiger charge is -2.31. The Balaban J connectivity index is 1.82. The molecule has 2 aromatic heterocycles. The SMILES string of the molecule is CC(=O)N1CCC(c2cc(-c3c(C)noc3C)ccn2)CC1. The quantitative estimate of drug-likeness (QED) is 0.855. The van der Waals surface area contributed by atoms with Gasteiger partial charge in [0.1, 0.15) is 5.76 Å². The number of aromatic nitrogens is 2. The molecule has 22 heavy (non-hydrogen) atoms. The molecule has 0 aliphatic carbocycles. The van der Waals surface area contributed by atoms with Crippen molar-refractivity contribution >= 4 is 5.91 Å². The highest BCUT2D eigenvalue weighted by Gasteiger charge is 2.23. The fourth-order valence-corrected chi connectivity index (χ4v) is 3.21. The molecule has 5 heteroatoms. The summed E-state index contributed by atoms with van der Waals surface area (Å²) in [5, 5.41) is 4.02. The molecule has 3 heterocycles. The summed E-state index contributed by atoms with van der Waals surface area (Å²) >= 11 is 0. The third-order valence-electron chi connectivity index (χ3n) is 4.46. The van der Waals surface area contributed by atoms with Crippen molar-refractivity contribution in [2.24, 2.45) is 0 Å². The molecule has 0 spiro atoms. The van der Waals surface area contributed by atoms with Gasteiger partial charge in [-0.1, -0.05) is 5.16 Å². The van der Waals surface area contributed by atoms with E-state index in [1.807, 2.05) is 31.0 Å². The van der Waals surface area contributed by atoms with Crippen LogP contribution in [0.3, 0.4) is 0 Å². The Morgan fingerprint density at radius 1 is 1.32 bits per heavy atom. The average molecular weight is 299 g/mol. The Morgan fingerprint density at radius 2 is 2.05 bits per heavy atom. The normalized spacial score (nSPS) is 16.0. The predicted molar refractivity (Wildman–Crippen MR) is 83.4 cm³/mol. The number of carbonyl (C=O) groups excluding carboxylic acids is 1. The fraction of sp³-hybridized carbons (Fsp3) is 0.471. The summed E-state index contributed by atoms with van der Waals surface area (Å²) in [4.78, 5) is 17.9. The molecule has 0 aromatic carbocycles. The Hall–Kier alpha value is -2.17. The van der Waals surface area contributed by atoms with Crippen LogP contribution < -0.4 is 0 Å². The molecule has 116 valence electrons. The lowest BCUT2D eigenvalue weighted by molar-refractivity contribution is -0.129. The summed E-state index contributed by atoms with van der Waals surface area (Å²) in [6, 6.07) is 4.14. The number of carbonyl (C=O) groups is 1. The van der Waals surface area contributed by atoms with Crippen molar-refractivity contribution in [2.45, 2.75) is 39.5 Å². The van der Waals surface area contributed by atoms with Crippen molar-refractivity contribution in [3.8, 4) is 11.1 Å². The van der Waals surface area contributed by atoms with Gasteiger partial charge >= 0.3 is 0 Å². The van der Waals surface area contributed by atoms with Crippen LogP contribution in [0.4, 0.5) is 0 Å². The molecule has 1 amide bonds. The topological polar surface area (TPSA) is 59.2 Å². The molecule has 1 aliphatic rings. The number of aryl methyl sites for hydroxylation is 2. The Kier molecular flexibility index (Phi) is 3.96. The second-order valence-corrected chi connectivity index (χ2v) is 5.95. The molecule has 0 saturated carbocycles. The minimum Gasteiger partial charge on any atom is -0.361 e. The Bertz CT molecular complexity index is 665. The zero-order valence-electron chi connectivity index (χ0n) is 13.3. The van der Waals surface area contributed by atoms with Crippen LogP contribution in [-0.4, -0.2) is 34.0 Å². The summed E-state index contributed by atoms with van der Waals surface area (Å²) in [7, 11) is 0. The summed E-state index contributed by atoms with van der Waals surface area (Å²) in [5.74, 6) is 1.41. The Morgan fingerprint density at radius 3 is 2.64 bits per heavy atom. The van der Waals surface area contributed by atoms with Crippen LogP contribution in [0.25, 0.3) is 11.1 Å². The van der Waals surface area contributed by atoms with Gasteiger partial charge in [-0.05, 0) is 44.4 Å². The molecular formula is C17H21N3O2. The first-order valence-corrected chi connectivity index (χ1v) is 7.71. The fourth-order valence-electron chi connectivity index (χ4n) is 3.21. The highest BCUT2D eigenvalue weighted by molar-refractivity contribution is 5.73. The van der Waals surface area contributed by atoms with Gasteiger partial charge in [0.2, 0.25) is 5.91 Å². The highest BCUT2D eigenvalue weighted by atomic mass is 16.5. The molecule has 1 aliphatic heterocycles. The van der Waals surface area contributed by atoms with Gasteiger partial charge < -0.3 is 9.42 Å². The van der Waals surface area contributed by atoms with E-state index in [1.54, 1.807) is 6.92 Å². The Labute approximate surface area is 130 Å². The van der Waals surface area contributed by atoms with Gasteiger partial charge in [0.25, 0.3) is 0 Å². The minimum absolute atomic E-state index is 0.163. The second-order valence-electron chi connectivity index (χ2n) is 5.95. The molecule has 1 fully saturated rings. The van der Waals surface area contributed by atoms with Crippen molar-refractivity contribution in [3.05, 3.63) is 35.5 Å². The summed E-state index contributed by atoms with van der Waals surface area (Å²) < 4.78 is 5.26. The molecule has 3 rings (SSSR count). The summed E-state index contributed by atoms with van der Waals surface area (Å²) in [6.07, 6.45) is 3.79. The molecular weight excluding hydrogens is 278 g/mol. The third kappa shape index (κ3) is 2.75. The van der Waals surface area contributed by atoms with Crippen molar-refractivity contribution in [3.63, 3.8) is 0 Å². The van der Waals surface area contributed by atoms with Crippen LogP contribution in [0.2, 0.25) is 0 Å². The molecule has 2 aromatic rings. The maximum absolute atomic E-state index is 11.4. The number of likely N-dealkylation sites (tertiary alicyclic amines) is 1. The van der Waals surface area contributed by atoms with E-state index in [-0.39, 0.29) is 5.91 Å². The molecule has 0 atom stereocenters. The smallest absolute Gasteiger partial charge is 0.219 e. The van der Waals surface area contributed by atoms with E-state index in [2.05, 4.69) is 16.2 Å². The van der Waals surface area contributed by atoms with E-state index in [9.17, 15) is 4.79 Å². The number of hydrogen-bond donors (Lipinski definition) is 0. The van der Waals surface area contributed by atoms with Crippen LogP contribution in [0.15, 0.2) is 22.9 Å². The van der Waals surface area contributed by atoms with Crippen LogP contribution in [-0.2, 0) is 4.79 Å². The van der Waals surface area contributed by atoms with Gasteiger partial charge in [-0.2, -0.15) is 0 Å². The molecule has 1 saturated heterocycles. The van der Waals surface area contributed by atoms with Crippen LogP contribution in [0.1, 0.15) is 42.8 Å². The van der Waals surface area contributed by atoms with Crippen molar-refractivity contribution in [1.29, 1.82) is 0 Å². The first-order chi connectivity index (χ1) is 10.6. The van der Waals surface area contributed by atoms with Gasteiger partial charge in [-0.15, -0.1) is 0 Å². The minimum atomic E-state index is 0.163. The zero-order chi connectivity index (χ0) is 15.7. The predicted octanol–water partition coefficient (Wildman–Crippen LogP) is 3.08. The summed E-state index contributed by atoms with van der Waals surface area (Å²) in [5.41, 5.74) is 4.17. The van der Waals surface area contributed by atoms with Crippen molar-refractivity contribution < 1.29 is 9.32 Å². The number of piperidine rings is 1.